The minimum absolute atomic E-state index is 0.0191. The second kappa shape index (κ2) is 9.39. The Balaban J connectivity index is 2.87. The molecule has 0 aromatic heterocycles. The zero-order chi connectivity index (χ0) is 18.2. The second-order valence-electron chi connectivity index (χ2n) is 5.04. The topological polar surface area (TPSA) is 150 Å². The summed E-state index contributed by atoms with van der Waals surface area (Å²) < 4.78 is 16.4. The molecule has 0 aliphatic heterocycles. The van der Waals surface area contributed by atoms with Gasteiger partial charge in [0.2, 0.25) is 0 Å². The number of carboxylic acids is 1. The molecule has 0 aliphatic carbocycles. The summed E-state index contributed by atoms with van der Waals surface area (Å²) in [5.41, 5.74) is 5.92. The number of unbranched alkanes of at least 4 members (excludes halogenated alkanes) is 1. The van der Waals surface area contributed by atoms with Crippen LogP contribution in [0.1, 0.15) is 24.8 Å². The van der Waals surface area contributed by atoms with E-state index in [2.05, 4.69) is 0 Å². The van der Waals surface area contributed by atoms with Crippen LogP contribution in [0.25, 0.3) is 0 Å². The van der Waals surface area contributed by atoms with Gasteiger partial charge in [0.25, 0.3) is 0 Å². The Hall–Kier alpha value is -1.93. The molecule has 0 fully saturated rings. The zero-order valence-electron chi connectivity index (χ0n) is 12.9. The number of carboxylic acid groups (broad SMARTS) is 1. The fourth-order valence-electron chi connectivity index (χ4n) is 2.03. The number of nitrogens with zero attached hydrogens (tertiary/aromatic N) is 1. The van der Waals surface area contributed by atoms with Crippen LogP contribution in [0.3, 0.4) is 0 Å². The van der Waals surface area contributed by atoms with Gasteiger partial charge in [-0.05, 0) is 31.4 Å². The van der Waals surface area contributed by atoms with E-state index in [-0.39, 0.29) is 17.7 Å². The normalized spacial score (nSPS) is 12.5. The highest BCUT2D eigenvalue weighted by Crippen LogP contribution is 2.43. The molecular formula is C14H21N2O7P. The number of amides is 1. The molecule has 134 valence electrons. The van der Waals surface area contributed by atoms with Crippen molar-refractivity contribution < 1.29 is 33.8 Å². The van der Waals surface area contributed by atoms with E-state index >= 15 is 0 Å². The Labute approximate surface area is 139 Å². The summed E-state index contributed by atoms with van der Waals surface area (Å²) in [6.07, 6.45) is -0.751. The van der Waals surface area contributed by atoms with Crippen LogP contribution < -0.4 is 5.73 Å². The van der Waals surface area contributed by atoms with E-state index < -0.39 is 25.9 Å². The van der Waals surface area contributed by atoms with E-state index in [1.54, 1.807) is 30.3 Å². The molecule has 1 atom stereocenters. The summed E-state index contributed by atoms with van der Waals surface area (Å²) in [4.78, 5) is 42.1. The van der Waals surface area contributed by atoms with Crippen molar-refractivity contribution in [2.24, 2.45) is 5.73 Å². The molecule has 1 amide bonds. The van der Waals surface area contributed by atoms with Gasteiger partial charge in [-0.3, -0.25) is 0 Å². The monoisotopic (exact) mass is 360 g/mol. The summed E-state index contributed by atoms with van der Waals surface area (Å²) in [5, 5.41) is 9.22. The quantitative estimate of drug-likeness (QED) is 0.380. The number of hydrogen-bond acceptors (Lipinski definition) is 5. The number of rotatable bonds is 9. The maximum Gasteiger partial charge on any atom is 0.435 e. The Kier molecular flexibility index (Phi) is 7.87. The molecule has 0 saturated heterocycles. The summed E-state index contributed by atoms with van der Waals surface area (Å²) in [6, 6.07) is 6.79. The molecule has 1 aromatic rings. The van der Waals surface area contributed by atoms with Gasteiger partial charge < -0.3 is 25.4 Å². The third-order valence-electron chi connectivity index (χ3n) is 3.18. The molecule has 0 unspecified atom stereocenters. The Morgan fingerprint density at radius 1 is 1.21 bits per heavy atom. The molecule has 1 rings (SSSR count). The lowest BCUT2D eigenvalue weighted by molar-refractivity contribution is -0.141. The van der Waals surface area contributed by atoms with Gasteiger partial charge in [-0.25, -0.2) is 14.2 Å². The predicted octanol–water partition coefficient (Wildman–Crippen LogP) is 1.30. The molecule has 0 heterocycles. The van der Waals surface area contributed by atoms with E-state index in [0.717, 1.165) is 0 Å². The van der Waals surface area contributed by atoms with Gasteiger partial charge in [0.15, 0.2) is 0 Å². The molecule has 0 spiro atoms. The lowest BCUT2D eigenvalue weighted by Gasteiger charge is -2.28. The van der Waals surface area contributed by atoms with Gasteiger partial charge in [-0.2, -0.15) is 4.67 Å². The number of benzene rings is 1. The molecule has 5 N–H and O–H groups in total. The van der Waals surface area contributed by atoms with Crippen molar-refractivity contribution in [3.05, 3.63) is 35.9 Å². The van der Waals surface area contributed by atoms with Crippen molar-refractivity contribution in [3.63, 3.8) is 0 Å². The van der Waals surface area contributed by atoms with Gasteiger partial charge >= 0.3 is 19.8 Å². The minimum atomic E-state index is -5.17. The van der Waals surface area contributed by atoms with Gasteiger partial charge in [0.1, 0.15) is 12.6 Å². The third kappa shape index (κ3) is 6.29. The van der Waals surface area contributed by atoms with E-state index in [1.165, 1.54) is 0 Å². The maximum absolute atomic E-state index is 12.1. The van der Waals surface area contributed by atoms with Gasteiger partial charge in [-0.1, -0.05) is 30.3 Å². The number of aliphatic carboxylic acids is 1. The molecular weight excluding hydrogens is 339 g/mol. The second-order valence-corrected chi connectivity index (χ2v) is 6.49. The number of ether oxygens (including phenoxy) is 1. The highest BCUT2D eigenvalue weighted by Gasteiger charge is 2.42. The van der Waals surface area contributed by atoms with Crippen LogP contribution in [0.2, 0.25) is 0 Å². The van der Waals surface area contributed by atoms with Crippen molar-refractivity contribution in [2.45, 2.75) is 31.9 Å². The summed E-state index contributed by atoms with van der Waals surface area (Å²) in [6.45, 7) is 0.0754. The van der Waals surface area contributed by atoms with Crippen LogP contribution in [0, 0.1) is 0 Å². The van der Waals surface area contributed by atoms with Crippen molar-refractivity contribution in [2.75, 3.05) is 6.54 Å². The molecule has 0 aliphatic rings. The number of carbonyl (C=O) groups excluding carboxylic acids is 1. The van der Waals surface area contributed by atoms with Crippen LogP contribution in [0.15, 0.2) is 30.3 Å². The van der Waals surface area contributed by atoms with Crippen molar-refractivity contribution in [1.82, 2.24) is 4.67 Å². The van der Waals surface area contributed by atoms with Gasteiger partial charge in [0.05, 0.1) is 0 Å². The molecule has 10 heteroatoms. The van der Waals surface area contributed by atoms with Crippen LogP contribution >= 0.6 is 7.75 Å². The Morgan fingerprint density at radius 3 is 2.33 bits per heavy atom. The van der Waals surface area contributed by atoms with Crippen molar-refractivity contribution in [3.8, 4) is 0 Å². The van der Waals surface area contributed by atoms with E-state index in [1.807, 2.05) is 0 Å². The Morgan fingerprint density at radius 2 is 1.83 bits per heavy atom. The fourth-order valence-corrected chi connectivity index (χ4v) is 2.88. The largest absolute Gasteiger partial charge is 0.480 e. The highest BCUT2D eigenvalue weighted by atomic mass is 31.2. The van der Waals surface area contributed by atoms with Crippen LogP contribution in [0.5, 0.6) is 0 Å². The van der Waals surface area contributed by atoms with E-state index in [4.69, 9.17) is 10.5 Å². The summed E-state index contributed by atoms with van der Waals surface area (Å²) >= 11 is 0. The number of carbonyl (C=O) groups is 2. The van der Waals surface area contributed by atoms with E-state index in [0.29, 0.717) is 24.9 Å². The average molecular weight is 360 g/mol. The third-order valence-corrected chi connectivity index (χ3v) is 4.19. The summed E-state index contributed by atoms with van der Waals surface area (Å²) in [7, 11) is -5.17. The lowest BCUT2D eigenvalue weighted by Crippen LogP contribution is -2.43. The first-order valence-corrected chi connectivity index (χ1v) is 8.82. The smallest absolute Gasteiger partial charge is 0.435 e. The highest BCUT2D eigenvalue weighted by molar-refractivity contribution is 7.50. The number of hydrogen-bond donors (Lipinski definition) is 4. The Bertz CT molecular complexity index is 590. The number of nitrogens with two attached hydrogens (primary N) is 1. The van der Waals surface area contributed by atoms with Crippen LogP contribution in [0.4, 0.5) is 4.79 Å². The van der Waals surface area contributed by atoms with Crippen LogP contribution in [-0.2, 0) is 20.7 Å². The molecule has 1 aromatic carbocycles. The molecule has 0 bridgehead atoms. The zero-order valence-corrected chi connectivity index (χ0v) is 13.8. The molecule has 0 saturated carbocycles. The van der Waals surface area contributed by atoms with Crippen molar-refractivity contribution in [1.29, 1.82) is 0 Å². The van der Waals surface area contributed by atoms with Crippen LogP contribution in [-0.4, -0.2) is 44.2 Å². The molecule has 0 radical (unpaired) electrons. The van der Waals surface area contributed by atoms with E-state index in [9.17, 15) is 29.0 Å². The molecule has 24 heavy (non-hydrogen) atoms. The first kappa shape index (κ1) is 20.1. The first-order chi connectivity index (χ1) is 11.3. The van der Waals surface area contributed by atoms with Crippen molar-refractivity contribution >= 4 is 19.8 Å². The SMILES string of the molecule is NCCCC[C@@H](C(=O)O)N(C(=O)OCc1ccccc1)P(=O)(O)O. The van der Waals surface area contributed by atoms with Gasteiger partial charge in [0, 0.05) is 0 Å². The minimum Gasteiger partial charge on any atom is -0.480 e. The lowest BCUT2D eigenvalue weighted by atomic mass is 10.1. The summed E-state index contributed by atoms with van der Waals surface area (Å²) in [5.74, 6) is -1.52. The standard InChI is InChI=1S/C14H21N2O7P/c15-9-5-4-8-12(13(17)18)16(24(20,21)22)14(19)23-10-11-6-2-1-3-7-11/h1-3,6-7,12H,4-5,8-10,15H2,(H,17,18)(H2,20,21,22)/t12-/m0/s1. The fraction of sp³-hybridized carbons (Fsp3) is 0.429. The molecule has 9 nitrogen and oxygen atoms in total. The predicted molar refractivity (Wildman–Crippen MR) is 84.8 cm³/mol. The first-order valence-electron chi connectivity index (χ1n) is 7.26. The maximum atomic E-state index is 12.1. The average Bonchev–Trinajstić information content (AvgIpc) is 2.51. The van der Waals surface area contributed by atoms with Gasteiger partial charge in [-0.15, -0.1) is 0 Å².